The topological polar surface area (TPSA) is 18.5 Å². The number of methoxy groups -OCH3 is 2. The van der Waals surface area contributed by atoms with E-state index in [2.05, 4.69) is 29.2 Å². The van der Waals surface area contributed by atoms with Gasteiger partial charge in [0.1, 0.15) is 0 Å². The van der Waals surface area contributed by atoms with Gasteiger partial charge in [-0.25, -0.2) is 0 Å². The predicted molar refractivity (Wildman–Crippen MR) is 59.8 cm³/mol. The molecule has 0 radical (unpaired) electrons. The van der Waals surface area contributed by atoms with E-state index in [0.29, 0.717) is 6.61 Å². The molecule has 2 heteroatoms. The fourth-order valence-electron chi connectivity index (χ4n) is 0.118. The third-order valence-electron chi connectivity index (χ3n) is 0.451. The summed E-state index contributed by atoms with van der Waals surface area (Å²) in [6, 6.07) is 0. The molecule has 0 aliphatic heterocycles. The molecule has 0 unspecified atom stereocenters. The summed E-state index contributed by atoms with van der Waals surface area (Å²) in [5.41, 5.74) is 1.17. The van der Waals surface area contributed by atoms with E-state index in [1.807, 2.05) is 13.8 Å². The Hall–Kier alpha value is -1.02. The second-order valence-corrected chi connectivity index (χ2v) is 2.35. The molecular weight excluding hydrogens is 164 g/mol. The lowest BCUT2D eigenvalue weighted by molar-refractivity contribution is 0.234. The van der Waals surface area contributed by atoms with Crippen molar-refractivity contribution in [3.8, 4) is 0 Å². The van der Waals surface area contributed by atoms with E-state index < -0.39 is 0 Å². The molecule has 0 saturated carbocycles. The van der Waals surface area contributed by atoms with Gasteiger partial charge in [-0.1, -0.05) is 18.2 Å². The van der Waals surface area contributed by atoms with E-state index in [-0.39, 0.29) is 0 Å². The highest BCUT2D eigenvalue weighted by Gasteiger charge is 1.58. The lowest BCUT2D eigenvalue weighted by Gasteiger charge is -1.79. The van der Waals surface area contributed by atoms with E-state index >= 15 is 0 Å². The molecule has 0 heterocycles. The van der Waals surface area contributed by atoms with Crippen LogP contribution in [0.5, 0.6) is 0 Å². The molecule has 0 N–H and O–H groups in total. The monoisotopic (exact) mass is 186 g/mol. The van der Waals surface area contributed by atoms with Crippen molar-refractivity contribution in [1.29, 1.82) is 0 Å². The summed E-state index contributed by atoms with van der Waals surface area (Å²) in [7, 11) is 3.20. The summed E-state index contributed by atoms with van der Waals surface area (Å²) in [6.45, 7) is 14.8. The summed E-state index contributed by atoms with van der Waals surface area (Å²) in [6.07, 6.45) is 3.08. The van der Waals surface area contributed by atoms with Gasteiger partial charge in [0.2, 0.25) is 0 Å². The van der Waals surface area contributed by atoms with Gasteiger partial charge in [0, 0.05) is 7.11 Å². The van der Waals surface area contributed by atoms with E-state index in [9.17, 15) is 0 Å². The van der Waals surface area contributed by atoms with Crippen LogP contribution in [0.15, 0.2) is 37.6 Å². The zero-order valence-electron chi connectivity index (χ0n) is 9.30. The van der Waals surface area contributed by atoms with Gasteiger partial charge < -0.3 is 9.47 Å². The Morgan fingerprint density at radius 1 is 1.23 bits per heavy atom. The first-order valence-corrected chi connectivity index (χ1v) is 3.92. The number of ether oxygens (including phenoxy) is 2. The predicted octanol–water partition coefficient (Wildman–Crippen LogP) is 3.18. The molecule has 0 saturated heterocycles. The van der Waals surface area contributed by atoms with Gasteiger partial charge in [0.05, 0.1) is 20.0 Å². The van der Waals surface area contributed by atoms with Crippen LogP contribution in [0.3, 0.4) is 0 Å². The Kier molecular flexibility index (Phi) is 30.9. The molecule has 0 rings (SSSR count). The van der Waals surface area contributed by atoms with Crippen molar-refractivity contribution >= 4 is 0 Å². The van der Waals surface area contributed by atoms with E-state index in [1.165, 1.54) is 11.8 Å². The van der Waals surface area contributed by atoms with Crippen LogP contribution >= 0.6 is 0 Å². The highest BCUT2D eigenvalue weighted by Crippen LogP contribution is 1.73. The van der Waals surface area contributed by atoms with E-state index in [4.69, 9.17) is 0 Å². The van der Waals surface area contributed by atoms with Crippen molar-refractivity contribution < 1.29 is 9.47 Å². The Morgan fingerprint density at radius 3 is 1.54 bits per heavy atom. The SMILES string of the molecule is C=C(C)C.C=CCOC.C=COC. The summed E-state index contributed by atoms with van der Waals surface area (Å²) in [5, 5.41) is 0. The molecule has 0 amide bonds. The van der Waals surface area contributed by atoms with Crippen LogP contribution in [-0.2, 0) is 9.47 Å². The molecule has 0 aromatic rings. The standard InChI is InChI=1S/C4H8O.C4H8.C3H6O/c1-3-4-5-2;1-4(2)3;1-3-4-2/h3H,1,4H2,2H3;1H2,2-3H3;3H,1H2,2H3. The quantitative estimate of drug-likeness (QED) is 0.498. The lowest BCUT2D eigenvalue weighted by Crippen LogP contribution is -1.76. The zero-order chi connectivity index (χ0) is 11.1. The summed E-state index contributed by atoms with van der Waals surface area (Å²) >= 11 is 0. The zero-order valence-corrected chi connectivity index (χ0v) is 9.30. The Balaban J connectivity index is -0.000000117. The molecule has 0 aliphatic carbocycles. The average molecular weight is 186 g/mol. The van der Waals surface area contributed by atoms with Crippen molar-refractivity contribution in [2.75, 3.05) is 20.8 Å². The minimum Gasteiger partial charge on any atom is -0.505 e. The van der Waals surface area contributed by atoms with Crippen LogP contribution in [0.4, 0.5) is 0 Å². The maximum absolute atomic E-state index is 4.57. The fraction of sp³-hybridized carbons (Fsp3) is 0.455. The molecular formula is C11H22O2. The summed E-state index contributed by atoms with van der Waals surface area (Å²) < 4.78 is 8.88. The van der Waals surface area contributed by atoms with Crippen molar-refractivity contribution in [1.82, 2.24) is 0 Å². The highest BCUT2D eigenvalue weighted by atomic mass is 16.5. The smallest absolute Gasteiger partial charge is 0.0766 e. The molecule has 0 atom stereocenters. The van der Waals surface area contributed by atoms with E-state index in [1.54, 1.807) is 20.3 Å². The van der Waals surface area contributed by atoms with Gasteiger partial charge in [-0.15, -0.1) is 13.2 Å². The Bertz CT molecular complexity index is 113. The van der Waals surface area contributed by atoms with Crippen molar-refractivity contribution in [3.63, 3.8) is 0 Å². The summed E-state index contributed by atoms with van der Waals surface area (Å²) in [5.74, 6) is 0. The van der Waals surface area contributed by atoms with Gasteiger partial charge in [-0.3, -0.25) is 0 Å². The first kappa shape index (κ1) is 17.9. The molecule has 0 aliphatic rings. The second kappa shape index (κ2) is 22.4. The number of rotatable bonds is 3. The van der Waals surface area contributed by atoms with Gasteiger partial charge in [-0.05, 0) is 13.8 Å². The van der Waals surface area contributed by atoms with Crippen molar-refractivity contribution in [2.45, 2.75) is 13.8 Å². The maximum atomic E-state index is 4.57. The van der Waals surface area contributed by atoms with Crippen LogP contribution in [0, 0.1) is 0 Å². The largest absolute Gasteiger partial charge is 0.505 e. The molecule has 0 spiro atoms. The number of hydrogen-bond acceptors (Lipinski definition) is 2. The van der Waals surface area contributed by atoms with Gasteiger partial charge in [-0.2, -0.15) is 0 Å². The average Bonchev–Trinajstić information content (AvgIpc) is 2.05. The van der Waals surface area contributed by atoms with Crippen molar-refractivity contribution in [3.05, 3.63) is 37.6 Å². The molecule has 0 aromatic heterocycles. The lowest BCUT2D eigenvalue weighted by atomic mass is 10.4. The Morgan fingerprint density at radius 2 is 1.54 bits per heavy atom. The van der Waals surface area contributed by atoms with Crippen LogP contribution in [0.25, 0.3) is 0 Å². The first-order valence-electron chi connectivity index (χ1n) is 3.92. The molecule has 13 heavy (non-hydrogen) atoms. The molecule has 78 valence electrons. The van der Waals surface area contributed by atoms with Crippen LogP contribution < -0.4 is 0 Å². The maximum Gasteiger partial charge on any atom is 0.0766 e. The summed E-state index contributed by atoms with van der Waals surface area (Å²) in [4.78, 5) is 0. The number of allylic oxidation sites excluding steroid dienone is 1. The van der Waals surface area contributed by atoms with Crippen LogP contribution in [0.2, 0.25) is 0 Å². The first-order chi connectivity index (χ1) is 6.06. The van der Waals surface area contributed by atoms with E-state index in [0.717, 1.165) is 0 Å². The Labute approximate surface area is 82.6 Å². The highest BCUT2D eigenvalue weighted by molar-refractivity contribution is 4.78. The second-order valence-electron chi connectivity index (χ2n) is 2.35. The van der Waals surface area contributed by atoms with Gasteiger partial charge in [0.25, 0.3) is 0 Å². The molecule has 0 aromatic carbocycles. The van der Waals surface area contributed by atoms with Crippen molar-refractivity contribution in [2.24, 2.45) is 0 Å². The number of hydrogen-bond donors (Lipinski definition) is 0. The molecule has 2 nitrogen and oxygen atoms in total. The fourth-order valence-corrected chi connectivity index (χ4v) is 0.118. The van der Waals surface area contributed by atoms with Crippen LogP contribution in [-0.4, -0.2) is 20.8 Å². The molecule has 0 bridgehead atoms. The molecule has 0 fully saturated rings. The normalized spacial score (nSPS) is 6.46. The van der Waals surface area contributed by atoms with Crippen LogP contribution in [0.1, 0.15) is 13.8 Å². The minimum absolute atomic E-state index is 0.653. The van der Waals surface area contributed by atoms with Gasteiger partial charge >= 0.3 is 0 Å². The third kappa shape index (κ3) is 226. The minimum atomic E-state index is 0.653. The van der Waals surface area contributed by atoms with Gasteiger partial charge in [0.15, 0.2) is 0 Å². The third-order valence-corrected chi connectivity index (χ3v) is 0.451.